The van der Waals surface area contributed by atoms with Crippen LogP contribution in [-0.2, 0) is 6.42 Å². The van der Waals surface area contributed by atoms with E-state index < -0.39 is 0 Å². The molecule has 0 saturated carbocycles. The number of halogens is 1. The molecule has 0 aromatic carbocycles. The highest BCUT2D eigenvalue weighted by Gasteiger charge is 2.16. The van der Waals surface area contributed by atoms with Crippen LogP contribution in [0, 0.1) is 0 Å². The lowest BCUT2D eigenvalue weighted by atomic mass is 10.1. The van der Waals surface area contributed by atoms with Crippen LogP contribution in [0.2, 0.25) is 0 Å². The van der Waals surface area contributed by atoms with Crippen molar-refractivity contribution >= 4 is 0 Å². The molecule has 16 heavy (non-hydrogen) atoms. The van der Waals surface area contributed by atoms with E-state index in [0.29, 0.717) is 19.1 Å². The van der Waals surface area contributed by atoms with Crippen LogP contribution in [0.1, 0.15) is 18.4 Å². The van der Waals surface area contributed by atoms with Gasteiger partial charge in [0.25, 0.3) is 0 Å². The first-order valence-electron chi connectivity index (χ1n) is 5.74. The van der Waals surface area contributed by atoms with Crippen molar-refractivity contribution in [1.82, 2.24) is 10.3 Å². The van der Waals surface area contributed by atoms with Gasteiger partial charge in [0.2, 0.25) is 0 Å². The van der Waals surface area contributed by atoms with Crippen LogP contribution in [0.3, 0.4) is 0 Å². The van der Waals surface area contributed by atoms with E-state index >= 15 is 0 Å². The molecule has 1 saturated heterocycles. The largest absolute Gasteiger partial charge is 0.490 e. The normalized spacial score (nSPS) is 19.2. The molecule has 2 heterocycles. The summed E-state index contributed by atoms with van der Waals surface area (Å²) in [6, 6.07) is 2.43. The molecule has 0 radical (unpaired) electrons. The highest BCUT2D eigenvalue weighted by Crippen LogP contribution is 2.14. The molecule has 1 fully saturated rings. The maximum atomic E-state index is 12.0. The van der Waals surface area contributed by atoms with Crippen molar-refractivity contribution in [2.75, 3.05) is 19.8 Å². The summed E-state index contributed by atoms with van der Waals surface area (Å²) >= 11 is 0. The van der Waals surface area contributed by atoms with Crippen LogP contribution in [0.25, 0.3) is 0 Å². The molecule has 1 N–H and O–H groups in total. The number of nitrogens with one attached hydrogen (secondary N) is 1. The van der Waals surface area contributed by atoms with Gasteiger partial charge in [-0.1, -0.05) is 0 Å². The molecule has 1 aromatic rings. The smallest absolute Gasteiger partial charge is 0.137 e. The van der Waals surface area contributed by atoms with Crippen molar-refractivity contribution in [1.29, 1.82) is 0 Å². The Morgan fingerprint density at radius 3 is 3.06 bits per heavy atom. The minimum absolute atomic E-state index is 0.281. The summed E-state index contributed by atoms with van der Waals surface area (Å²) in [5.74, 6) is 0.782. The Bertz CT molecular complexity index is 329. The van der Waals surface area contributed by atoms with Crippen LogP contribution in [0.5, 0.6) is 5.75 Å². The van der Waals surface area contributed by atoms with Gasteiger partial charge in [0, 0.05) is 12.2 Å². The van der Waals surface area contributed by atoms with Crippen molar-refractivity contribution in [3.63, 3.8) is 0 Å². The van der Waals surface area contributed by atoms with Crippen LogP contribution >= 0.6 is 0 Å². The van der Waals surface area contributed by atoms with Gasteiger partial charge in [-0.3, -0.25) is 9.37 Å². The summed E-state index contributed by atoms with van der Waals surface area (Å²) in [7, 11) is 0. The van der Waals surface area contributed by atoms with E-state index in [-0.39, 0.29) is 6.67 Å². The topological polar surface area (TPSA) is 34.1 Å². The molecular formula is C12H17FN2O. The first kappa shape index (κ1) is 11.3. The van der Waals surface area contributed by atoms with Gasteiger partial charge in [-0.05, 0) is 37.4 Å². The van der Waals surface area contributed by atoms with Gasteiger partial charge in [0.1, 0.15) is 12.4 Å². The Morgan fingerprint density at radius 2 is 2.38 bits per heavy atom. The van der Waals surface area contributed by atoms with E-state index in [4.69, 9.17) is 4.74 Å². The van der Waals surface area contributed by atoms with E-state index in [1.54, 1.807) is 12.4 Å². The fraction of sp³-hybridized carbons (Fsp3) is 0.583. The minimum atomic E-state index is -0.281. The first-order chi connectivity index (χ1) is 7.88. The zero-order chi connectivity index (χ0) is 11.2. The molecule has 4 heteroatoms. The van der Waals surface area contributed by atoms with E-state index in [1.807, 2.05) is 6.07 Å². The second-order valence-electron chi connectivity index (χ2n) is 4.07. The fourth-order valence-corrected chi connectivity index (χ4v) is 1.64. The van der Waals surface area contributed by atoms with Crippen LogP contribution in [0.15, 0.2) is 18.5 Å². The number of ether oxygens (including phenoxy) is 1. The number of hydrogen-bond donors (Lipinski definition) is 1. The van der Waals surface area contributed by atoms with Gasteiger partial charge in [-0.2, -0.15) is 0 Å². The molecular weight excluding hydrogens is 206 g/mol. The molecule has 0 bridgehead atoms. The average Bonchev–Trinajstić information content (AvgIpc) is 2.25. The summed E-state index contributed by atoms with van der Waals surface area (Å²) in [5, 5.41) is 3.27. The fourth-order valence-electron chi connectivity index (χ4n) is 1.64. The van der Waals surface area contributed by atoms with Crippen LogP contribution in [-0.4, -0.2) is 30.9 Å². The van der Waals surface area contributed by atoms with Gasteiger partial charge in [-0.25, -0.2) is 0 Å². The molecule has 0 aliphatic carbocycles. The van der Waals surface area contributed by atoms with Gasteiger partial charge in [-0.15, -0.1) is 0 Å². The summed E-state index contributed by atoms with van der Waals surface area (Å²) in [4.78, 5) is 4.09. The number of pyridine rings is 1. The van der Waals surface area contributed by atoms with Crippen molar-refractivity contribution in [2.24, 2.45) is 0 Å². The van der Waals surface area contributed by atoms with Crippen molar-refractivity contribution in [2.45, 2.75) is 25.3 Å². The average molecular weight is 223 g/mol. The Hall–Kier alpha value is -1.16. The number of rotatable bonds is 6. The minimum Gasteiger partial charge on any atom is -0.490 e. The van der Waals surface area contributed by atoms with E-state index in [2.05, 4.69) is 10.3 Å². The standard InChI is InChI=1S/C12H17FN2O/c13-4-1-2-10-6-12(8-14-7-10)16-9-11-3-5-15-11/h6-8,11,15H,1-5,9H2/i13-1. The van der Waals surface area contributed by atoms with Crippen molar-refractivity contribution in [3.05, 3.63) is 24.0 Å². The van der Waals surface area contributed by atoms with Gasteiger partial charge >= 0.3 is 0 Å². The van der Waals surface area contributed by atoms with Gasteiger partial charge in [0.15, 0.2) is 0 Å². The van der Waals surface area contributed by atoms with Gasteiger partial charge < -0.3 is 10.1 Å². The molecule has 1 aromatic heterocycles. The lowest BCUT2D eigenvalue weighted by molar-refractivity contribution is 0.216. The third kappa shape index (κ3) is 3.17. The SMILES string of the molecule is [18F]CCCc1cncc(OCC2CCN2)c1. The zero-order valence-electron chi connectivity index (χ0n) is 9.29. The molecule has 2 rings (SSSR count). The molecule has 1 aliphatic heterocycles. The highest BCUT2D eigenvalue weighted by atomic mass is 18.2. The highest BCUT2D eigenvalue weighted by molar-refractivity contribution is 5.23. The predicted octanol–water partition coefficient (Wildman–Crippen LogP) is 1.72. The van der Waals surface area contributed by atoms with E-state index in [0.717, 1.165) is 24.3 Å². The summed E-state index contributed by atoms with van der Waals surface area (Å²) in [5.41, 5.74) is 1.04. The molecule has 0 amide bonds. The number of aryl methyl sites for hydroxylation is 1. The zero-order valence-corrected chi connectivity index (χ0v) is 9.29. The summed E-state index contributed by atoms with van der Waals surface area (Å²) in [6.07, 6.45) is 5.92. The van der Waals surface area contributed by atoms with Crippen molar-refractivity contribution in [3.8, 4) is 5.75 Å². The van der Waals surface area contributed by atoms with Crippen LogP contribution < -0.4 is 10.1 Å². The third-order valence-corrected chi connectivity index (χ3v) is 2.75. The van der Waals surface area contributed by atoms with E-state index in [1.165, 1.54) is 6.42 Å². The molecule has 88 valence electrons. The second-order valence-corrected chi connectivity index (χ2v) is 4.07. The maximum absolute atomic E-state index is 12.0. The lowest BCUT2D eigenvalue weighted by Crippen LogP contribution is -2.46. The Labute approximate surface area is 95.0 Å². The van der Waals surface area contributed by atoms with Gasteiger partial charge in [0.05, 0.1) is 12.9 Å². The quantitative estimate of drug-likeness (QED) is 0.797. The molecule has 1 unspecified atom stereocenters. The summed E-state index contributed by atoms with van der Waals surface area (Å²) in [6.45, 7) is 1.49. The number of nitrogens with zero attached hydrogens (tertiary/aromatic N) is 1. The number of hydrogen-bond acceptors (Lipinski definition) is 3. The molecule has 1 aliphatic rings. The lowest BCUT2D eigenvalue weighted by Gasteiger charge is -2.27. The molecule has 1 atom stereocenters. The Morgan fingerprint density at radius 1 is 1.50 bits per heavy atom. The number of aromatic nitrogens is 1. The second kappa shape index (κ2) is 5.80. The molecule has 3 nitrogen and oxygen atoms in total. The first-order valence-corrected chi connectivity index (χ1v) is 5.74. The Kier molecular flexibility index (Phi) is 4.10. The number of alkyl halides is 1. The maximum Gasteiger partial charge on any atom is 0.137 e. The third-order valence-electron chi connectivity index (χ3n) is 2.75. The monoisotopic (exact) mass is 223 g/mol. The summed E-state index contributed by atoms with van der Waals surface area (Å²) < 4.78 is 17.6. The van der Waals surface area contributed by atoms with Crippen LogP contribution in [0.4, 0.5) is 4.39 Å². The molecule has 0 spiro atoms. The van der Waals surface area contributed by atoms with E-state index in [9.17, 15) is 4.39 Å². The van der Waals surface area contributed by atoms with Crippen molar-refractivity contribution < 1.29 is 9.13 Å². The Balaban J connectivity index is 1.82. The predicted molar refractivity (Wildman–Crippen MR) is 60.4 cm³/mol.